The molecule has 0 aliphatic carbocycles. The van der Waals surface area contributed by atoms with Crippen molar-refractivity contribution in [2.45, 2.75) is 30.7 Å². The maximum Gasteiger partial charge on any atom is 0.131 e. The lowest BCUT2D eigenvalue weighted by Crippen LogP contribution is -2.53. The summed E-state index contributed by atoms with van der Waals surface area (Å²) in [6.07, 6.45) is 2.74. The first kappa shape index (κ1) is 5.52. The second-order valence-corrected chi connectivity index (χ2v) is 3.83. The zero-order valence-corrected chi connectivity index (χ0v) is 5.92. The molecule has 0 aromatic rings. The van der Waals surface area contributed by atoms with Gasteiger partial charge >= 0.3 is 0 Å². The van der Waals surface area contributed by atoms with Gasteiger partial charge in [0.05, 0.1) is 6.10 Å². The van der Waals surface area contributed by atoms with Crippen LogP contribution in [-0.4, -0.2) is 35.9 Å². The van der Waals surface area contributed by atoms with Crippen molar-refractivity contribution in [3.05, 3.63) is 0 Å². The van der Waals surface area contributed by atoms with Gasteiger partial charge in [-0.1, -0.05) is 0 Å². The number of hydrogen-bond acceptors (Lipinski definition) is 3. The van der Waals surface area contributed by atoms with Gasteiger partial charge in [0, 0.05) is 25.6 Å². The molecule has 4 bridgehead atoms. The van der Waals surface area contributed by atoms with Crippen LogP contribution in [0.4, 0.5) is 0 Å². The Kier molecular flexibility index (Phi) is 0.770. The molecular weight excluding hydrogens is 128 g/mol. The van der Waals surface area contributed by atoms with Crippen molar-refractivity contribution in [1.82, 2.24) is 4.90 Å². The maximum atomic E-state index is 5.96. The molecular formula is C7H12N2O. The van der Waals surface area contributed by atoms with Crippen molar-refractivity contribution >= 4 is 0 Å². The zero-order chi connectivity index (χ0) is 6.77. The lowest BCUT2D eigenvalue weighted by molar-refractivity contribution is -0.112. The fourth-order valence-electron chi connectivity index (χ4n) is 2.65. The molecule has 56 valence electrons. The number of nitrogens with two attached hydrogens (primary N) is 1. The summed E-state index contributed by atoms with van der Waals surface area (Å²) in [4.78, 5) is 2.47. The first-order valence-electron chi connectivity index (χ1n) is 3.96. The molecule has 4 unspecified atom stereocenters. The molecule has 0 aromatic carbocycles. The van der Waals surface area contributed by atoms with Crippen molar-refractivity contribution in [2.75, 3.05) is 13.1 Å². The van der Waals surface area contributed by atoms with Crippen molar-refractivity contribution in [2.24, 2.45) is 5.73 Å². The Morgan fingerprint density at radius 1 is 1.60 bits per heavy atom. The van der Waals surface area contributed by atoms with E-state index in [1.54, 1.807) is 0 Å². The smallest absolute Gasteiger partial charge is 0.131 e. The van der Waals surface area contributed by atoms with E-state index in [0.29, 0.717) is 6.10 Å². The standard InChI is InChI=1S/C7H12N2O/c8-7-2-5-1-6(10-7)3-9(5)4-7/h5-6H,1-4,8H2. The van der Waals surface area contributed by atoms with Crippen LogP contribution in [0.2, 0.25) is 0 Å². The highest BCUT2D eigenvalue weighted by molar-refractivity contribution is 5.05. The van der Waals surface area contributed by atoms with Crippen molar-refractivity contribution in [3.8, 4) is 0 Å². The first-order valence-corrected chi connectivity index (χ1v) is 3.96. The van der Waals surface area contributed by atoms with Crippen LogP contribution in [0.25, 0.3) is 0 Å². The molecule has 4 rings (SSSR count). The minimum atomic E-state index is -0.258. The molecule has 3 heteroatoms. The predicted octanol–water partition coefficient (Wildman–Crippen LogP) is -0.482. The van der Waals surface area contributed by atoms with Crippen LogP contribution in [0.3, 0.4) is 0 Å². The summed E-state index contributed by atoms with van der Waals surface area (Å²) < 4.78 is 5.67. The van der Waals surface area contributed by atoms with E-state index in [1.807, 2.05) is 0 Å². The molecule has 4 atom stereocenters. The van der Waals surface area contributed by atoms with E-state index in [9.17, 15) is 0 Å². The van der Waals surface area contributed by atoms with Crippen LogP contribution in [0.15, 0.2) is 0 Å². The van der Waals surface area contributed by atoms with Crippen LogP contribution in [0.5, 0.6) is 0 Å². The van der Waals surface area contributed by atoms with Gasteiger partial charge in [-0.2, -0.15) is 0 Å². The van der Waals surface area contributed by atoms with E-state index in [-0.39, 0.29) is 5.72 Å². The Morgan fingerprint density at radius 2 is 2.50 bits per heavy atom. The van der Waals surface area contributed by atoms with E-state index in [1.165, 1.54) is 6.42 Å². The highest BCUT2D eigenvalue weighted by Gasteiger charge is 2.54. The third-order valence-electron chi connectivity index (χ3n) is 2.94. The number of hydrogen-bond donors (Lipinski definition) is 1. The molecule has 4 fully saturated rings. The van der Waals surface area contributed by atoms with Crippen LogP contribution < -0.4 is 5.73 Å². The second-order valence-electron chi connectivity index (χ2n) is 3.83. The lowest BCUT2D eigenvalue weighted by Gasteiger charge is -2.34. The minimum Gasteiger partial charge on any atom is -0.355 e. The molecule has 4 aliphatic rings. The molecule has 3 nitrogen and oxygen atoms in total. The van der Waals surface area contributed by atoms with E-state index in [4.69, 9.17) is 10.5 Å². The Bertz CT molecular complexity index is 163. The van der Waals surface area contributed by atoms with Gasteiger partial charge in [0.1, 0.15) is 5.72 Å². The highest BCUT2D eigenvalue weighted by Crippen LogP contribution is 2.41. The monoisotopic (exact) mass is 140 g/mol. The fourth-order valence-corrected chi connectivity index (χ4v) is 2.65. The van der Waals surface area contributed by atoms with Crippen LogP contribution >= 0.6 is 0 Å². The van der Waals surface area contributed by atoms with E-state index in [0.717, 1.165) is 25.6 Å². The molecule has 10 heavy (non-hydrogen) atoms. The van der Waals surface area contributed by atoms with E-state index in [2.05, 4.69) is 4.90 Å². The highest BCUT2D eigenvalue weighted by atomic mass is 16.5. The fraction of sp³-hybridized carbons (Fsp3) is 1.00. The third kappa shape index (κ3) is 0.516. The van der Waals surface area contributed by atoms with E-state index < -0.39 is 0 Å². The summed E-state index contributed by atoms with van der Waals surface area (Å²) in [5, 5.41) is 0. The van der Waals surface area contributed by atoms with Gasteiger partial charge in [0.2, 0.25) is 0 Å². The third-order valence-corrected chi connectivity index (χ3v) is 2.94. The normalized spacial score (nSPS) is 63.9. The SMILES string of the molecule is NC12CC3CC(CN3C1)O2. The lowest BCUT2D eigenvalue weighted by atomic mass is 10.0. The Morgan fingerprint density at radius 3 is 3.10 bits per heavy atom. The quantitative estimate of drug-likeness (QED) is 0.494. The number of ether oxygens (including phenoxy) is 1. The van der Waals surface area contributed by atoms with Crippen LogP contribution in [-0.2, 0) is 4.74 Å². The molecule has 0 saturated carbocycles. The summed E-state index contributed by atoms with van der Waals surface area (Å²) in [5.41, 5.74) is 5.70. The molecule has 0 amide bonds. The number of morpholine rings is 1. The average Bonchev–Trinajstić information content (AvgIpc) is 2.16. The van der Waals surface area contributed by atoms with Gasteiger partial charge in [-0.3, -0.25) is 4.90 Å². The first-order chi connectivity index (χ1) is 4.75. The molecule has 0 aromatic heterocycles. The van der Waals surface area contributed by atoms with Gasteiger partial charge in [-0.15, -0.1) is 0 Å². The Balaban J connectivity index is 2.01. The molecule has 0 spiro atoms. The molecule has 4 saturated heterocycles. The van der Waals surface area contributed by atoms with Gasteiger partial charge < -0.3 is 10.5 Å². The summed E-state index contributed by atoms with van der Waals surface area (Å²) in [6.45, 7) is 2.10. The zero-order valence-electron chi connectivity index (χ0n) is 5.92. The van der Waals surface area contributed by atoms with Gasteiger partial charge in [-0.05, 0) is 6.42 Å². The average molecular weight is 140 g/mol. The largest absolute Gasteiger partial charge is 0.355 e. The second kappa shape index (κ2) is 1.40. The van der Waals surface area contributed by atoms with Gasteiger partial charge in [0.25, 0.3) is 0 Å². The van der Waals surface area contributed by atoms with E-state index >= 15 is 0 Å². The predicted molar refractivity (Wildman–Crippen MR) is 36.4 cm³/mol. The van der Waals surface area contributed by atoms with Gasteiger partial charge in [0.15, 0.2) is 0 Å². The van der Waals surface area contributed by atoms with Crippen LogP contribution in [0.1, 0.15) is 12.8 Å². The topological polar surface area (TPSA) is 38.5 Å². The molecule has 0 radical (unpaired) electrons. The number of nitrogens with zero attached hydrogens (tertiary/aromatic N) is 1. The number of rotatable bonds is 0. The van der Waals surface area contributed by atoms with Crippen molar-refractivity contribution < 1.29 is 4.74 Å². The summed E-state index contributed by atoms with van der Waals surface area (Å²) in [7, 11) is 0. The van der Waals surface area contributed by atoms with Crippen molar-refractivity contribution in [1.29, 1.82) is 0 Å². The maximum absolute atomic E-state index is 5.96. The van der Waals surface area contributed by atoms with Gasteiger partial charge in [-0.25, -0.2) is 0 Å². The summed E-state index contributed by atoms with van der Waals surface area (Å²) in [5.74, 6) is 0. The Labute approximate surface area is 60.1 Å². The Hall–Kier alpha value is -0.120. The summed E-state index contributed by atoms with van der Waals surface area (Å²) in [6, 6.07) is 0.753. The molecule has 4 aliphatic heterocycles. The minimum absolute atomic E-state index is 0.258. The molecule has 2 N–H and O–H groups in total. The van der Waals surface area contributed by atoms with Crippen molar-refractivity contribution in [3.63, 3.8) is 0 Å². The summed E-state index contributed by atoms with van der Waals surface area (Å²) >= 11 is 0. The van der Waals surface area contributed by atoms with Crippen LogP contribution in [0, 0.1) is 0 Å². The molecule has 4 heterocycles.